The molecule has 0 radical (unpaired) electrons. The third-order valence-electron chi connectivity index (χ3n) is 2.93. The molecule has 2 rings (SSSR count). The van der Waals surface area contributed by atoms with Gasteiger partial charge in [-0.15, -0.1) is 0 Å². The zero-order valence-corrected chi connectivity index (χ0v) is 9.69. The largest absolute Gasteiger partial charge is 0.490 e. The van der Waals surface area contributed by atoms with E-state index in [-0.39, 0.29) is 12.1 Å². The van der Waals surface area contributed by atoms with Gasteiger partial charge in [0, 0.05) is 6.04 Å². The van der Waals surface area contributed by atoms with E-state index in [4.69, 9.17) is 15.2 Å². The number of benzene rings is 1. The minimum absolute atomic E-state index is 0.140. The minimum atomic E-state index is 0.140. The second kappa shape index (κ2) is 5.21. The van der Waals surface area contributed by atoms with Crippen LogP contribution in [0.25, 0.3) is 0 Å². The Morgan fingerprint density at radius 3 is 2.62 bits per heavy atom. The second-order valence-corrected chi connectivity index (χ2v) is 4.13. The smallest absolute Gasteiger partial charge is 0.161 e. The highest BCUT2D eigenvalue weighted by atomic mass is 16.5. The average Bonchev–Trinajstić information content (AvgIpc) is 2.68. The normalized spacial score (nSPS) is 24.4. The minimum Gasteiger partial charge on any atom is -0.490 e. The topological polar surface area (TPSA) is 44.5 Å². The lowest BCUT2D eigenvalue weighted by atomic mass is 10.2. The molecule has 1 aromatic rings. The summed E-state index contributed by atoms with van der Waals surface area (Å²) in [6, 6.07) is 7.94. The Hall–Kier alpha value is -1.22. The summed E-state index contributed by atoms with van der Waals surface area (Å²) in [7, 11) is 0. The highest BCUT2D eigenvalue weighted by molar-refractivity contribution is 5.39. The van der Waals surface area contributed by atoms with Crippen molar-refractivity contribution in [2.24, 2.45) is 5.73 Å². The molecule has 0 amide bonds. The van der Waals surface area contributed by atoms with Crippen molar-refractivity contribution in [1.29, 1.82) is 0 Å². The van der Waals surface area contributed by atoms with Crippen LogP contribution in [0.5, 0.6) is 11.5 Å². The quantitative estimate of drug-likeness (QED) is 0.848. The molecule has 1 aromatic carbocycles. The van der Waals surface area contributed by atoms with Crippen LogP contribution >= 0.6 is 0 Å². The summed E-state index contributed by atoms with van der Waals surface area (Å²) in [6.45, 7) is 2.62. The van der Waals surface area contributed by atoms with Crippen LogP contribution in [0.2, 0.25) is 0 Å². The van der Waals surface area contributed by atoms with E-state index >= 15 is 0 Å². The van der Waals surface area contributed by atoms with Crippen LogP contribution in [-0.2, 0) is 0 Å². The maximum Gasteiger partial charge on any atom is 0.161 e. The van der Waals surface area contributed by atoms with Crippen molar-refractivity contribution < 1.29 is 9.47 Å². The lowest BCUT2D eigenvalue weighted by molar-refractivity contribution is 0.181. The van der Waals surface area contributed by atoms with Gasteiger partial charge in [-0.05, 0) is 38.3 Å². The van der Waals surface area contributed by atoms with E-state index < -0.39 is 0 Å². The molecule has 2 atom stereocenters. The Morgan fingerprint density at radius 1 is 1.25 bits per heavy atom. The van der Waals surface area contributed by atoms with Gasteiger partial charge in [0.1, 0.15) is 6.10 Å². The fourth-order valence-corrected chi connectivity index (χ4v) is 2.09. The highest BCUT2D eigenvalue weighted by Gasteiger charge is 2.26. The van der Waals surface area contributed by atoms with E-state index in [0.717, 1.165) is 30.8 Å². The van der Waals surface area contributed by atoms with Gasteiger partial charge in [-0.1, -0.05) is 12.1 Å². The van der Waals surface area contributed by atoms with E-state index in [1.165, 1.54) is 0 Å². The van der Waals surface area contributed by atoms with Gasteiger partial charge in [-0.2, -0.15) is 0 Å². The molecule has 0 saturated heterocycles. The van der Waals surface area contributed by atoms with E-state index in [1.54, 1.807) is 0 Å². The van der Waals surface area contributed by atoms with Gasteiger partial charge < -0.3 is 15.2 Å². The van der Waals surface area contributed by atoms with Crippen LogP contribution in [0.15, 0.2) is 24.3 Å². The number of ether oxygens (including phenoxy) is 2. The third-order valence-corrected chi connectivity index (χ3v) is 2.93. The lowest BCUT2D eigenvalue weighted by Gasteiger charge is -2.19. The standard InChI is InChI=1S/C13H19NO2/c1-2-15-12-7-3-4-8-13(12)16-11-9-5-6-10(11)14/h3-4,7-8,10-11H,2,5-6,9,14H2,1H3. The lowest BCUT2D eigenvalue weighted by Crippen LogP contribution is -2.33. The Morgan fingerprint density at radius 2 is 2.00 bits per heavy atom. The predicted octanol–water partition coefficient (Wildman–Crippen LogP) is 2.34. The predicted molar refractivity (Wildman–Crippen MR) is 63.9 cm³/mol. The SMILES string of the molecule is CCOc1ccccc1OC1CCCC1N. The van der Waals surface area contributed by atoms with Gasteiger partial charge in [0.25, 0.3) is 0 Å². The van der Waals surface area contributed by atoms with Crippen molar-refractivity contribution >= 4 is 0 Å². The first kappa shape index (κ1) is 11.3. The zero-order chi connectivity index (χ0) is 11.4. The number of para-hydroxylation sites is 2. The van der Waals surface area contributed by atoms with Gasteiger partial charge >= 0.3 is 0 Å². The van der Waals surface area contributed by atoms with Crippen molar-refractivity contribution in [3.63, 3.8) is 0 Å². The number of hydrogen-bond acceptors (Lipinski definition) is 3. The van der Waals surface area contributed by atoms with E-state index in [9.17, 15) is 0 Å². The average molecular weight is 221 g/mol. The molecule has 0 aliphatic heterocycles. The van der Waals surface area contributed by atoms with Gasteiger partial charge in [0.05, 0.1) is 6.61 Å². The summed E-state index contributed by atoms with van der Waals surface area (Å²) >= 11 is 0. The molecular formula is C13H19NO2. The van der Waals surface area contributed by atoms with Crippen LogP contribution in [0, 0.1) is 0 Å². The maximum absolute atomic E-state index is 5.99. The van der Waals surface area contributed by atoms with Gasteiger partial charge in [-0.25, -0.2) is 0 Å². The van der Waals surface area contributed by atoms with E-state index in [0.29, 0.717) is 6.61 Å². The van der Waals surface area contributed by atoms with Crippen LogP contribution in [0.3, 0.4) is 0 Å². The molecule has 2 unspecified atom stereocenters. The fourth-order valence-electron chi connectivity index (χ4n) is 2.09. The molecule has 16 heavy (non-hydrogen) atoms. The van der Waals surface area contributed by atoms with Gasteiger partial charge in [-0.3, -0.25) is 0 Å². The van der Waals surface area contributed by atoms with Gasteiger partial charge in [0.2, 0.25) is 0 Å². The summed E-state index contributed by atoms with van der Waals surface area (Å²) < 4.78 is 11.4. The van der Waals surface area contributed by atoms with Crippen LogP contribution < -0.4 is 15.2 Å². The van der Waals surface area contributed by atoms with Crippen molar-refractivity contribution in [2.45, 2.75) is 38.3 Å². The van der Waals surface area contributed by atoms with Crippen LogP contribution in [0.1, 0.15) is 26.2 Å². The summed E-state index contributed by atoms with van der Waals surface area (Å²) in [6.07, 6.45) is 3.40. The van der Waals surface area contributed by atoms with E-state index in [2.05, 4.69) is 0 Å². The summed E-state index contributed by atoms with van der Waals surface area (Å²) in [5.74, 6) is 1.62. The first-order chi connectivity index (χ1) is 7.81. The third kappa shape index (κ3) is 2.47. The number of rotatable bonds is 4. The van der Waals surface area contributed by atoms with Crippen molar-refractivity contribution in [1.82, 2.24) is 0 Å². The summed E-state index contributed by atoms with van der Waals surface area (Å²) in [5.41, 5.74) is 5.99. The Balaban J connectivity index is 2.07. The molecule has 2 N–H and O–H groups in total. The first-order valence-electron chi connectivity index (χ1n) is 5.95. The fraction of sp³-hybridized carbons (Fsp3) is 0.538. The molecule has 3 heteroatoms. The molecule has 1 fully saturated rings. The monoisotopic (exact) mass is 221 g/mol. The number of nitrogens with two attached hydrogens (primary N) is 1. The molecule has 88 valence electrons. The first-order valence-corrected chi connectivity index (χ1v) is 5.95. The Bertz CT molecular complexity index is 340. The van der Waals surface area contributed by atoms with Crippen LogP contribution in [-0.4, -0.2) is 18.8 Å². The summed E-state index contributed by atoms with van der Waals surface area (Å²) in [5, 5.41) is 0. The van der Waals surface area contributed by atoms with Crippen LogP contribution in [0.4, 0.5) is 0 Å². The van der Waals surface area contributed by atoms with E-state index in [1.807, 2.05) is 31.2 Å². The summed E-state index contributed by atoms with van der Waals surface area (Å²) in [4.78, 5) is 0. The van der Waals surface area contributed by atoms with Crippen molar-refractivity contribution in [2.75, 3.05) is 6.61 Å². The van der Waals surface area contributed by atoms with Crippen molar-refractivity contribution in [3.8, 4) is 11.5 Å². The zero-order valence-electron chi connectivity index (χ0n) is 9.69. The Kier molecular flexibility index (Phi) is 3.67. The Labute approximate surface area is 96.5 Å². The molecule has 0 spiro atoms. The second-order valence-electron chi connectivity index (χ2n) is 4.13. The molecule has 0 heterocycles. The molecule has 1 aliphatic rings. The molecule has 1 saturated carbocycles. The molecule has 1 aliphatic carbocycles. The molecular weight excluding hydrogens is 202 g/mol. The molecule has 0 aromatic heterocycles. The maximum atomic E-state index is 5.99. The van der Waals surface area contributed by atoms with Gasteiger partial charge in [0.15, 0.2) is 11.5 Å². The highest BCUT2D eigenvalue weighted by Crippen LogP contribution is 2.30. The molecule has 0 bridgehead atoms. The number of hydrogen-bond donors (Lipinski definition) is 1. The van der Waals surface area contributed by atoms with Crippen molar-refractivity contribution in [3.05, 3.63) is 24.3 Å². The molecule has 3 nitrogen and oxygen atoms in total.